The molecule has 0 saturated carbocycles. The second kappa shape index (κ2) is 16.7. The summed E-state index contributed by atoms with van der Waals surface area (Å²) in [5.74, 6) is -0.963. The molecular formula is C3H9NNa2O4. The van der Waals surface area contributed by atoms with E-state index >= 15 is 0 Å². The molecule has 7 heteroatoms. The van der Waals surface area contributed by atoms with E-state index in [1.165, 1.54) is 6.92 Å². The van der Waals surface area contributed by atoms with E-state index in [0.717, 1.165) is 0 Å². The van der Waals surface area contributed by atoms with Gasteiger partial charge in [0.15, 0.2) is 0 Å². The van der Waals surface area contributed by atoms with Gasteiger partial charge < -0.3 is 21.8 Å². The van der Waals surface area contributed by atoms with Crippen molar-refractivity contribution in [1.29, 1.82) is 0 Å². The number of rotatable bonds is 1. The second-order valence-corrected chi connectivity index (χ2v) is 1.13. The summed E-state index contributed by atoms with van der Waals surface area (Å²) in [6.07, 6.45) is 0. The van der Waals surface area contributed by atoms with Crippen LogP contribution in [0.5, 0.6) is 0 Å². The predicted molar refractivity (Wildman–Crippen MR) is 25.2 cm³/mol. The zero-order valence-corrected chi connectivity index (χ0v) is 10.4. The average molecular weight is 169 g/mol. The molecule has 0 aromatic carbocycles. The van der Waals surface area contributed by atoms with E-state index in [1.807, 2.05) is 0 Å². The molecule has 0 saturated heterocycles. The molecule has 1 atom stereocenters. The number of hydrogen-bond donors (Lipinski definition) is 2. The SMILES string of the molecule is CC(N)C(=O)O.[Na+].[Na+].[OH-].[OH-]. The van der Waals surface area contributed by atoms with Gasteiger partial charge in [-0.05, 0) is 6.92 Å². The molecule has 0 heterocycles. The largest absolute Gasteiger partial charge is 1.00 e. The third-order valence-electron chi connectivity index (χ3n) is 0.390. The summed E-state index contributed by atoms with van der Waals surface area (Å²) in [5.41, 5.74) is 4.84. The van der Waals surface area contributed by atoms with E-state index in [4.69, 9.17) is 10.8 Å². The average Bonchev–Trinajstić information content (AvgIpc) is 1.36. The Labute approximate surface area is 104 Å². The van der Waals surface area contributed by atoms with E-state index in [1.54, 1.807) is 0 Å². The summed E-state index contributed by atoms with van der Waals surface area (Å²) in [4.78, 5) is 9.57. The molecule has 0 aromatic heterocycles. The van der Waals surface area contributed by atoms with Crippen molar-refractivity contribution in [3.8, 4) is 0 Å². The van der Waals surface area contributed by atoms with Crippen molar-refractivity contribution < 1.29 is 80.0 Å². The molecule has 0 fully saturated rings. The van der Waals surface area contributed by atoms with Crippen LogP contribution in [0.3, 0.4) is 0 Å². The molecule has 52 valence electrons. The first kappa shape index (κ1) is 30.2. The van der Waals surface area contributed by atoms with Crippen molar-refractivity contribution in [1.82, 2.24) is 0 Å². The fourth-order valence-electron chi connectivity index (χ4n) is 0. The van der Waals surface area contributed by atoms with Crippen molar-refractivity contribution >= 4 is 5.97 Å². The van der Waals surface area contributed by atoms with Gasteiger partial charge in [0, 0.05) is 0 Å². The molecule has 5 N–H and O–H groups in total. The number of carboxylic acid groups (broad SMARTS) is 1. The fraction of sp³-hybridized carbons (Fsp3) is 0.667. The monoisotopic (exact) mass is 169 g/mol. The molecule has 0 aliphatic rings. The topological polar surface area (TPSA) is 123 Å². The summed E-state index contributed by atoms with van der Waals surface area (Å²) in [7, 11) is 0. The minimum atomic E-state index is -0.963. The quantitative estimate of drug-likeness (QED) is 0.377. The number of aliphatic carboxylic acids is 1. The van der Waals surface area contributed by atoms with Crippen LogP contribution in [-0.4, -0.2) is 28.1 Å². The van der Waals surface area contributed by atoms with Crippen LogP contribution in [0.15, 0.2) is 0 Å². The maximum absolute atomic E-state index is 9.57. The van der Waals surface area contributed by atoms with Crippen LogP contribution in [0.25, 0.3) is 0 Å². The second-order valence-electron chi connectivity index (χ2n) is 1.13. The molecule has 0 bridgehead atoms. The maximum atomic E-state index is 9.57. The molecule has 10 heavy (non-hydrogen) atoms. The predicted octanol–water partition coefficient (Wildman–Crippen LogP) is -6.93. The standard InChI is InChI=1S/C3H7NO2.2Na.2H2O/c1-2(4)3(5)6;;;;/h2H,4H2,1H3,(H,5,6);;;2*1H2/q;2*+1;;/p-2. The maximum Gasteiger partial charge on any atom is 1.00 e. The van der Waals surface area contributed by atoms with Gasteiger partial charge in [-0.15, -0.1) is 0 Å². The van der Waals surface area contributed by atoms with Gasteiger partial charge in [0.25, 0.3) is 0 Å². The minimum Gasteiger partial charge on any atom is -0.870 e. The van der Waals surface area contributed by atoms with E-state index in [2.05, 4.69) is 0 Å². The Morgan fingerprint density at radius 3 is 1.50 bits per heavy atom. The number of carbonyl (C=O) groups is 1. The van der Waals surface area contributed by atoms with Gasteiger partial charge in [-0.1, -0.05) is 0 Å². The van der Waals surface area contributed by atoms with Gasteiger partial charge >= 0.3 is 65.1 Å². The fourth-order valence-corrected chi connectivity index (χ4v) is 0. The first-order valence-corrected chi connectivity index (χ1v) is 1.63. The Kier molecular flexibility index (Phi) is 50.5. The van der Waals surface area contributed by atoms with E-state index in [-0.39, 0.29) is 70.1 Å². The van der Waals surface area contributed by atoms with Gasteiger partial charge in [0.1, 0.15) is 6.04 Å². The molecular weight excluding hydrogens is 160 g/mol. The van der Waals surface area contributed by atoms with Crippen molar-refractivity contribution in [2.75, 3.05) is 0 Å². The Balaban J connectivity index is -0.0000000208. The summed E-state index contributed by atoms with van der Waals surface area (Å²) in [6.45, 7) is 1.42. The van der Waals surface area contributed by atoms with Gasteiger partial charge in [-0.25, -0.2) is 0 Å². The first-order valence-electron chi connectivity index (χ1n) is 1.63. The molecule has 5 nitrogen and oxygen atoms in total. The van der Waals surface area contributed by atoms with Crippen LogP contribution >= 0.6 is 0 Å². The number of hydrogen-bond acceptors (Lipinski definition) is 4. The van der Waals surface area contributed by atoms with Crippen LogP contribution in [0.4, 0.5) is 0 Å². The summed E-state index contributed by atoms with van der Waals surface area (Å²) < 4.78 is 0. The number of nitrogens with two attached hydrogens (primary N) is 1. The summed E-state index contributed by atoms with van der Waals surface area (Å²) >= 11 is 0. The van der Waals surface area contributed by atoms with E-state index < -0.39 is 12.0 Å². The molecule has 1 unspecified atom stereocenters. The summed E-state index contributed by atoms with van der Waals surface area (Å²) in [5, 5.41) is 7.87. The van der Waals surface area contributed by atoms with Crippen molar-refractivity contribution in [3.63, 3.8) is 0 Å². The van der Waals surface area contributed by atoms with Crippen LogP contribution in [0.1, 0.15) is 6.92 Å². The Morgan fingerprint density at radius 1 is 1.40 bits per heavy atom. The first-order chi connectivity index (χ1) is 2.64. The van der Waals surface area contributed by atoms with Crippen molar-refractivity contribution in [3.05, 3.63) is 0 Å². The third kappa shape index (κ3) is 22.8. The zero-order chi connectivity index (χ0) is 5.15. The zero-order valence-electron chi connectivity index (χ0n) is 6.40. The van der Waals surface area contributed by atoms with E-state index in [9.17, 15) is 4.79 Å². The van der Waals surface area contributed by atoms with Crippen molar-refractivity contribution in [2.45, 2.75) is 13.0 Å². The Bertz CT molecular complexity index is 69.5. The van der Waals surface area contributed by atoms with Crippen LogP contribution in [-0.2, 0) is 4.79 Å². The Morgan fingerprint density at radius 2 is 1.50 bits per heavy atom. The molecule has 0 amide bonds. The van der Waals surface area contributed by atoms with Gasteiger partial charge in [0.2, 0.25) is 0 Å². The summed E-state index contributed by atoms with van der Waals surface area (Å²) in [6, 6.07) is -0.731. The smallest absolute Gasteiger partial charge is 0.870 e. The van der Waals surface area contributed by atoms with E-state index in [0.29, 0.717) is 0 Å². The van der Waals surface area contributed by atoms with Crippen LogP contribution in [0.2, 0.25) is 0 Å². The van der Waals surface area contributed by atoms with Gasteiger partial charge in [0.05, 0.1) is 0 Å². The van der Waals surface area contributed by atoms with Crippen LogP contribution in [0, 0.1) is 0 Å². The van der Waals surface area contributed by atoms with Gasteiger partial charge in [-0.2, -0.15) is 0 Å². The number of carboxylic acids is 1. The van der Waals surface area contributed by atoms with Gasteiger partial charge in [-0.3, -0.25) is 4.79 Å². The molecule has 0 aromatic rings. The normalized spacial score (nSPS) is 8.20. The molecule has 0 rings (SSSR count). The molecule has 0 spiro atoms. The molecule has 0 aliphatic heterocycles. The minimum absolute atomic E-state index is 0. The Hall–Kier alpha value is 1.35. The van der Waals surface area contributed by atoms with Crippen LogP contribution < -0.4 is 64.8 Å². The molecule has 0 radical (unpaired) electrons. The molecule has 0 aliphatic carbocycles. The third-order valence-corrected chi connectivity index (χ3v) is 0.390. The van der Waals surface area contributed by atoms with Crippen molar-refractivity contribution in [2.24, 2.45) is 5.73 Å².